The molecule has 0 spiro atoms. The lowest BCUT2D eigenvalue weighted by atomic mass is 10.2. The van der Waals surface area contributed by atoms with E-state index in [0.29, 0.717) is 17.9 Å². The summed E-state index contributed by atoms with van der Waals surface area (Å²) < 4.78 is 7.57. The highest BCUT2D eigenvalue weighted by molar-refractivity contribution is 9.10. The molecule has 1 heterocycles. The van der Waals surface area contributed by atoms with Gasteiger partial charge in [-0.05, 0) is 65.7 Å². The molecule has 1 aromatic carbocycles. The zero-order valence-electron chi connectivity index (χ0n) is 11.2. The Morgan fingerprint density at radius 3 is 2.60 bits per heavy atom. The topological polar surface area (TPSA) is 55.0 Å². The second-order valence-electron chi connectivity index (χ2n) is 4.22. The molecule has 102 valence electrons. The van der Waals surface area contributed by atoms with E-state index < -0.39 is 0 Å². The molecule has 0 aliphatic carbocycles. The van der Waals surface area contributed by atoms with Crippen LogP contribution in [0.15, 0.2) is 34.9 Å². The minimum Gasteiger partial charge on any atom is -0.462 e. The summed E-state index contributed by atoms with van der Waals surface area (Å²) in [6.07, 6.45) is 0. The van der Waals surface area contributed by atoms with E-state index in [1.54, 1.807) is 35.8 Å². The number of nitrogens with zero attached hydrogens (tertiary/aromatic N) is 2. The van der Waals surface area contributed by atoms with Crippen molar-refractivity contribution in [2.75, 3.05) is 6.61 Å². The number of aromatic nitrogens is 1. The van der Waals surface area contributed by atoms with Crippen LogP contribution in [0.2, 0.25) is 0 Å². The Hall–Kier alpha value is -2.06. The number of aryl methyl sites for hydroxylation is 1. The predicted octanol–water partition coefficient (Wildman–Crippen LogP) is 3.60. The number of rotatable bonds is 3. The number of carbonyl (C=O) groups is 1. The fraction of sp³-hybridized carbons (Fsp3) is 0.200. The summed E-state index contributed by atoms with van der Waals surface area (Å²) in [6.45, 7) is 4.04. The van der Waals surface area contributed by atoms with Gasteiger partial charge in [0.2, 0.25) is 0 Å². The van der Waals surface area contributed by atoms with Gasteiger partial charge in [-0.25, -0.2) is 4.79 Å². The lowest BCUT2D eigenvalue weighted by molar-refractivity contribution is 0.0526. The quantitative estimate of drug-likeness (QED) is 0.807. The molecule has 2 aromatic rings. The van der Waals surface area contributed by atoms with Crippen LogP contribution in [0.25, 0.3) is 5.69 Å². The van der Waals surface area contributed by atoms with Crippen LogP contribution in [0, 0.1) is 18.3 Å². The van der Waals surface area contributed by atoms with E-state index in [1.165, 1.54) is 0 Å². The van der Waals surface area contributed by atoms with E-state index in [1.807, 2.05) is 13.0 Å². The SMILES string of the molecule is CCOC(=O)c1ccc(-n2c(C#N)cc(C)c2Br)cc1. The Kier molecular flexibility index (Phi) is 4.26. The largest absolute Gasteiger partial charge is 0.462 e. The van der Waals surface area contributed by atoms with Crippen molar-refractivity contribution in [3.05, 3.63) is 51.8 Å². The normalized spacial score (nSPS) is 10.1. The molecule has 4 nitrogen and oxygen atoms in total. The molecular formula is C15H13BrN2O2. The second-order valence-corrected chi connectivity index (χ2v) is 4.97. The molecular weight excluding hydrogens is 320 g/mol. The minimum absolute atomic E-state index is 0.345. The van der Waals surface area contributed by atoms with Crippen molar-refractivity contribution in [3.63, 3.8) is 0 Å². The van der Waals surface area contributed by atoms with Crippen molar-refractivity contribution in [1.29, 1.82) is 5.26 Å². The first-order chi connectivity index (χ1) is 9.58. The van der Waals surface area contributed by atoms with Gasteiger partial charge in [0, 0.05) is 5.69 Å². The fourth-order valence-electron chi connectivity index (χ4n) is 1.91. The Labute approximate surface area is 125 Å². The lowest BCUT2D eigenvalue weighted by Gasteiger charge is -2.08. The van der Waals surface area contributed by atoms with Crippen molar-refractivity contribution < 1.29 is 9.53 Å². The molecule has 0 N–H and O–H groups in total. The number of carbonyl (C=O) groups excluding carboxylic acids is 1. The number of nitriles is 1. The third kappa shape index (κ3) is 2.61. The van der Waals surface area contributed by atoms with Gasteiger partial charge in [-0.15, -0.1) is 0 Å². The van der Waals surface area contributed by atoms with Gasteiger partial charge in [-0.1, -0.05) is 0 Å². The maximum Gasteiger partial charge on any atom is 0.338 e. The summed E-state index contributed by atoms with van der Waals surface area (Å²) in [6, 6.07) is 10.9. The Balaban J connectivity index is 2.41. The first-order valence-electron chi connectivity index (χ1n) is 6.14. The summed E-state index contributed by atoms with van der Waals surface area (Å²) in [5.74, 6) is -0.345. The van der Waals surface area contributed by atoms with Crippen LogP contribution in [-0.2, 0) is 4.74 Å². The standard InChI is InChI=1S/C15H13BrN2O2/c1-3-20-15(19)11-4-6-12(7-5-11)18-13(9-17)8-10(2)14(18)16/h4-8H,3H2,1-2H3. The molecule has 20 heavy (non-hydrogen) atoms. The van der Waals surface area contributed by atoms with Crippen molar-refractivity contribution in [1.82, 2.24) is 4.57 Å². The van der Waals surface area contributed by atoms with E-state index >= 15 is 0 Å². The monoisotopic (exact) mass is 332 g/mol. The Morgan fingerprint density at radius 1 is 1.40 bits per heavy atom. The van der Waals surface area contributed by atoms with Crippen LogP contribution in [0.5, 0.6) is 0 Å². The molecule has 0 unspecified atom stereocenters. The van der Waals surface area contributed by atoms with Gasteiger partial charge in [0.1, 0.15) is 11.8 Å². The summed E-state index contributed by atoms with van der Waals surface area (Å²) in [5.41, 5.74) is 2.83. The lowest BCUT2D eigenvalue weighted by Crippen LogP contribution is -2.05. The van der Waals surface area contributed by atoms with Gasteiger partial charge >= 0.3 is 5.97 Å². The average Bonchev–Trinajstić information content (AvgIpc) is 2.75. The zero-order valence-corrected chi connectivity index (χ0v) is 12.8. The van der Waals surface area contributed by atoms with Crippen molar-refractivity contribution in [2.24, 2.45) is 0 Å². The zero-order chi connectivity index (χ0) is 14.7. The molecule has 1 aromatic heterocycles. The van der Waals surface area contributed by atoms with Gasteiger partial charge in [0.25, 0.3) is 0 Å². The molecule has 0 radical (unpaired) electrons. The van der Waals surface area contributed by atoms with E-state index in [2.05, 4.69) is 22.0 Å². The predicted molar refractivity (Wildman–Crippen MR) is 78.9 cm³/mol. The van der Waals surface area contributed by atoms with Gasteiger partial charge < -0.3 is 4.74 Å². The molecule has 0 atom stereocenters. The van der Waals surface area contributed by atoms with Gasteiger partial charge in [0.05, 0.1) is 16.8 Å². The Bertz CT molecular complexity index is 681. The highest BCUT2D eigenvalue weighted by Gasteiger charge is 2.12. The fourth-order valence-corrected chi connectivity index (χ4v) is 2.42. The van der Waals surface area contributed by atoms with Crippen LogP contribution >= 0.6 is 15.9 Å². The first-order valence-corrected chi connectivity index (χ1v) is 6.93. The number of esters is 1. The number of ether oxygens (including phenoxy) is 1. The molecule has 2 rings (SSSR count). The van der Waals surface area contributed by atoms with E-state index in [4.69, 9.17) is 10.00 Å². The van der Waals surface area contributed by atoms with Crippen molar-refractivity contribution in [3.8, 4) is 11.8 Å². The summed E-state index contributed by atoms with van der Waals surface area (Å²) in [4.78, 5) is 11.6. The molecule has 0 saturated heterocycles. The Morgan fingerprint density at radius 2 is 2.05 bits per heavy atom. The van der Waals surface area contributed by atoms with E-state index in [0.717, 1.165) is 15.9 Å². The van der Waals surface area contributed by atoms with Crippen molar-refractivity contribution in [2.45, 2.75) is 13.8 Å². The number of hydrogen-bond acceptors (Lipinski definition) is 3. The summed E-state index contributed by atoms with van der Waals surface area (Å²) in [5, 5.41) is 9.16. The molecule has 0 amide bonds. The van der Waals surface area contributed by atoms with Gasteiger partial charge in [0.15, 0.2) is 0 Å². The van der Waals surface area contributed by atoms with E-state index in [-0.39, 0.29) is 5.97 Å². The highest BCUT2D eigenvalue weighted by Crippen LogP contribution is 2.25. The minimum atomic E-state index is -0.345. The molecule has 0 saturated carbocycles. The van der Waals surface area contributed by atoms with Gasteiger partial charge in [-0.2, -0.15) is 5.26 Å². The highest BCUT2D eigenvalue weighted by atomic mass is 79.9. The second kappa shape index (κ2) is 5.93. The molecule has 0 aliphatic heterocycles. The van der Waals surface area contributed by atoms with Gasteiger partial charge in [-0.3, -0.25) is 4.57 Å². The average molecular weight is 333 g/mol. The van der Waals surface area contributed by atoms with Crippen LogP contribution < -0.4 is 0 Å². The molecule has 0 aliphatic rings. The van der Waals surface area contributed by atoms with Crippen molar-refractivity contribution >= 4 is 21.9 Å². The van der Waals surface area contributed by atoms with Crippen LogP contribution in [0.3, 0.4) is 0 Å². The summed E-state index contributed by atoms with van der Waals surface area (Å²) in [7, 11) is 0. The maximum absolute atomic E-state index is 11.6. The third-order valence-corrected chi connectivity index (χ3v) is 3.85. The summed E-state index contributed by atoms with van der Waals surface area (Å²) >= 11 is 3.47. The number of benzene rings is 1. The third-order valence-electron chi connectivity index (χ3n) is 2.87. The van der Waals surface area contributed by atoms with Crippen LogP contribution in [0.4, 0.5) is 0 Å². The first kappa shape index (κ1) is 14.4. The smallest absolute Gasteiger partial charge is 0.338 e. The molecule has 0 bridgehead atoms. The molecule has 0 fully saturated rings. The number of hydrogen-bond donors (Lipinski definition) is 0. The molecule has 5 heteroatoms. The van der Waals surface area contributed by atoms with Crippen LogP contribution in [-0.4, -0.2) is 17.1 Å². The van der Waals surface area contributed by atoms with E-state index in [9.17, 15) is 4.79 Å². The number of halogens is 1. The maximum atomic E-state index is 11.6. The van der Waals surface area contributed by atoms with Crippen LogP contribution in [0.1, 0.15) is 28.5 Å².